The second kappa shape index (κ2) is 9.00. The molecule has 21 heavy (non-hydrogen) atoms. The van der Waals surface area contributed by atoms with E-state index in [0.29, 0.717) is 19.0 Å². The van der Waals surface area contributed by atoms with Gasteiger partial charge in [0.15, 0.2) is 0 Å². The number of rotatable bonds is 6. The van der Waals surface area contributed by atoms with Gasteiger partial charge in [0, 0.05) is 37.4 Å². The van der Waals surface area contributed by atoms with Gasteiger partial charge in [0.05, 0.1) is 0 Å². The molecule has 1 atom stereocenters. The van der Waals surface area contributed by atoms with Crippen molar-refractivity contribution in [1.82, 2.24) is 15.2 Å². The Balaban J connectivity index is 0.00000220. The second-order valence-corrected chi connectivity index (χ2v) is 5.81. The van der Waals surface area contributed by atoms with Gasteiger partial charge in [-0.05, 0) is 51.3 Å². The van der Waals surface area contributed by atoms with Crippen molar-refractivity contribution in [2.45, 2.75) is 58.2 Å². The van der Waals surface area contributed by atoms with Gasteiger partial charge in [0.25, 0.3) is 0 Å². The molecule has 1 fully saturated rings. The smallest absolute Gasteiger partial charge is 0.223 e. The first kappa shape index (κ1) is 17.9. The van der Waals surface area contributed by atoms with Crippen molar-refractivity contribution < 1.29 is 4.79 Å². The average molecular weight is 312 g/mol. The Labute approximate surface area is 133 Å². The molecule has 118 valence electrons. The number of aromatic nitrogens is 1. The molecule has 2 heterocycles. The highest BCUT2D eigenvalue weighted by Crippen LogP contribution is 2.14. The Bertz CT molecular complexity index is 419. The SMILES string of the molecule is CC(C)N(Cc1cccnc1)C(=O)CCC1CCCN1.Cl. The largest absolute Gasteiger partial charge is 0.336 e. The van der Waals surface area contributed by atoms with Gasteiger partial charge in [0.1, 0.15) is 0 Å². The fourth-order valence-corrected chi connectivity index (χ4v) is 2.69. The molecule has 0 radical (unpaired) electrons. The number of nitrogens with one attached hydrogen (secondary N) is 1. The summed E-state index contributed by atoms with van der Waals surface area (Å²) in [6.45, 7) is 5.90. The normalized spacial score (nSPS) is 17.6. The first-order chi connectivity index (χ1) is 9.66. The van der Waals surface area contributed by atoms with E-state index in [2.05, 4.69) is 24.1 Å². The van der Waals surface area contributed by atoms with E-state index in [4.69, 9.17) is 0 Å². The molecule has 1 amide bonds. The summed E-state index contributed by atoms with van der Waals surface area (Å²) in [4.78, 5) is 18.5. The minimum Gasteiger partial charge on any atom is -0.336 e. The highest BCUT2D eigenvalue weighted by Gasteiger charge is 2.20. The summed E-state index contributed by atoms with van der Waals surface area (Å²) in [6, 6.07) is 4.69. The van der Waals surface area contributed by atoms with Crippen LogP contribution in [-0.2, 0) is 11.3 Å². The molecule has 0 spiro atoms. The molecule has 1 unspecified atom stereocenters. The molecule has 4 nitrogen and oxygen atoms in total. The van der Waals surface area contributed by atoms with Crippen LogP contribution in [0.5, 0.6) is 0 Å². The maximum atomic E-state index is 12.4. The van der Waals surface area contributed by atoms with E-state index >= 15 is 0 Å². The summed E-state index contributed by atoms with van der Waals surface area (Å²) >= 11 is 0. The number of carbonyl (C=O) groups excluding carboxylic acids is 1. The Morgan fingerprint density at radius 3 is 2.90 bits per heavy atom. The number of halogens is 1. The Hall–Kier alpha value is -1.13. The van der Waals surface area contributed by atoms with Crippen LogP contribution >= 0.6 is 12.4 Å². The van der Waals surface area contributed by atoms with Gasteiger partial charge in [-0.1, -0.05) is 6.07 Å². The molecule has 1 aliphatic heterocycles. The Morgan fingerprint density at radius 2 is 2.33 bits per heavy atom. The number of hydrogen-bond donors (Lipinski definition) is 1. The highest BCUT2D eigenvalue weighted by atomic mass is 35.5. The van der Waals surface area contributed by atoms with E-state index in [1.807, 2.05) is 23.2 Å². The van der Waals surface area contributed by atoms with E-state index in [1.165, 1.54) is 12.8 Å². The van der Waals surface area contributed by atoms with Gasteiger partial charge < -0.3 is 10.2 Å². The third kappa shape index (κ3) is 5.64. The highest BCUT2D eigenvalue weighted by molar-refractivity contribution is 5.85. The zero-order valence-electron chi connectivity index (χ0n) is 12.9. The van der Waals surface area contributed by atoms with Gasteiger partial charge >= 0.3 is 0 Å². The van der Waals surface area contributed by atoms with Crippen molar-refractivity contribution in [2.24, 2.45) is 0 Å². The molecule has 1 aliphatic rings. The summed E-state index contributed by atoms with van der Waals surface area (Å²) in [5.74, 6) is 0.248. The predicted molar refractivity (Wildman–Crippen MR) is 87.4 cm³/mol. The lowest BCUT2D eigenvalue weighted by Crippen LogP contribution is -2.37. The molecular weight excluding hydrogens is 286 g/mol. The topological polar surface area (TPSA) is 45.2 Å². The Kier molecular flexibility index (Phi) is 7.68. The summed E-state index contributed by atoms with van der Waals surface area (Å²) in [6.07, 6.45) is 7.63. The van der Waals surface area contributed by atoms with Crippen LogP contribution in [0.2, 0.25) is 0 Å². The first-order valence-electron chi connectivity index (χ1n) is 7.58. The molecule has 1 saturated heterocycles. The maximum absolute atomic E-state index is 12.4. The second-order valence-electron chi connectivity index (χ2n) is 5.81. The fourth-order valence-electron chi connectivity index (χ4n) is 2.69. The minimum absolute atomic E-state index is 0. The summed E-state index contributed by atoms with van der Waals surface area (Å²) in [5, 5.41) is 3.45. The first-order valence-corrected chi connectivity index (χ1v) is 7.58. The van der Waals surface area contributed by atoms with Crippen LogP contribution < -0.4 is 5.32 Å². The van der Waals surface area contributed by atoms with E-state index in [1.54, 1.807) is 6.20 Å². The Morgan fingerprint density at radius 1 is 1.52 bits per heavy atom. The third-order valence-electron chi connectivity index (χ3n) is 3.89. The van der Waals surface area contributed by atoms with Gasteiger partial charge in [-0.2, -0.15) is 0 Å². The summed E-state index contributed by atoms with van der Waals surface area (Å²) in [7, 11) is 0. The molecule has 0 aromatic carbocycles. The average Bonchev–Trinajstić information content (AvgIpc) is 2.96. The molecule has 5 heteroatoms. The molecule has 1 N–H and O–H groups in total. The molecule has 1 aromatic heterocycles. The quantitative estimate of drug-likeness (QED) is 0.878. The lowest BCUT2D eigenvalue weighted by atomic mass is 10.1. The van der Waals surface area contributed by atoms with Crippen LogP contribution in [0, 0.1) is 0 Å². The lowest BCUT2D eigenvalue weighted by molar-refractivity contribution is -0.133. The van der Waals surface area contributed by atoms with Crippen molar-refractivity contribution in [3.05, 3.63) is 30.1 Å². The summed E-state index contributed by atoms with van der Waals surface area (Å²) < 4.78 is 0. The fraction of sp³-hybridized carbons (Fsp3) is 0.625. The van der Waals surface area contributed by atoms with Gasteiger partial charge in [-0.3, -0.25) is 9.78 Å². The van der Waals surface area contributed by atoms with Crippen molar-refractivity contribution in [1.29, 1.82) is 0 Å². The van der Waals surface area contributed by atoms with Gasteiger partial charge in [-0.15, -0.1) is 12.4 Å². The maximum Gasteiger partial charge on any atom is 0.223 e. The molecule has 0 aliphatic carbocycles. The van der Waals surface area contributed by atoms with E-state index in [-0.39, 0.29) is 24.4 Å². The standard InChI is InChI=1S/C16H25N3O.ClH/c1-13(2)19(12-14-5-3-9-17-11-14)16(20)8-7-15-6-4-10-18-15;/h3,5,9,11,13,15,18H,4,6-8,10,12H2,1-2H3;1H. The van der Waals surface area contributed by atoms with Crippen molar-refractivity contribution in [2.75, 3.05) is 6.54 Å². The zero-order valence-corrected chi connectivity index (χ0v) is 13.7. The molecular formula is C16H26ClN3O. The van der Waals surface area contributed by atoms with Crippen molar-refractivity contribution in [3.63, 3.8) is 0 Å². The van der Waals surface area contributed by atoms with Crippen LogP contribution in [-0.4, -0.2) is 34.4 Å². The number of amides is 1. The number of pyridine rings is 1. The van der Waals surface area contributed by atoms with Crippen LogP contribution in [0.4, 0.5) is 0 Å². The van der Waals surface area contributed by atoms with Crippen LogP contribution in [0.3, 0.4) is 0 Å². The summed E-state index contributed by atoms with van der Waals surface area (Å²) in [5.41, 5.74) is 1.09. The van der Waals surface area contributed by atoms with Crippen LogP contribution in [0.1, 0.15) is 45.1 Å². The van der Waals surface area contributed by atoms with E-state index in [0.717, 1.165) is 18.5 Å². The van der Waals surface area contributed by atoms with Gasteiger partial charge in [0.2, 0.25) is 5.91 Å². The van der Waals surface area contributed by atoms with Crippen molar-refractivity contribution >= 4 is 18.3 Å². The van der Waals surface area contributed by atoms with Gasteiger partial charge in [-0.25, -0.2) is 0 Å². The predicted octanol–water partition coefficient (Wildman–Crippen LogP) is 2.77. The van der Waals surface area contributed by atoms with Crippen LogP contribution in [0.25, 0.3) is 0 Å². The molecule has 2 rings (SSSR count). The van der Waals surface area contributed by atoms with E-state index in [9.17, 15) is 4.79 Å². The third-order valence-corrected chi connectivity index (χ3v) is 3.89. The number of carbonyl (C=O) groups is 1. The van der Waals surface area contributed by atoms with Crippen molar-refractivity contribution in [3.8, 4) is 0 Å². The minimum atomic E-state index is 0. The van der Waals surface area contributed by atoms with E-state index < -0.39 is 0 Å². The number of hydrogen-bond acceptors (Lipinski definition) is 3. The molecule has 1 aromatic rings. The lowest BCUT2D eigenvalue weighted by Gasteiger charge is -2.27. The van der Waals surface area contributed by atoms with Crippen LogP contribution in [0.15, 0.2) is 24.5 Å². The molecule has 0 saturated carbocycles. The molecule has 0 bridgehead atoms. The number of nitrogens with zero attached hydrogens (tertiary/aromatic N) is 2. The zero-order chi connectivity index (χ0) is 14.4. The monoisotopic (exact) mass is 311 g/mol.